The van der Waals surface area contributed by atoms with Gasteiger partial charge < -0.3 is 0 Å². The lowest BCUT2D eigenvalue weighted by Crippen LogP contribution is -1.90. The summed E-state index contributed by atoms with van der Waals surface area (Å²) in [6, 6.07) is 4.41. The highest BCUT2D eigenvalue weighted by atomic mass is 35.5. The third kappa shape index (κ3) is 3.15. The van der Waals surface area contributed by atoms with Crippen molar-refractivity contribution in [1.82, 2.24) is 10.2 Å². The Morgan fingerprint density at radius 3 is 3.00 bits per heavy atom. The number of nitrogens with zero attached hydrogens (tertiary/aromatic N) is 3. The first-order valence-electron chi connectivity index (χ1n) is 4.48. The highest BCUT2D eigenvalue weighted by Crippen LogP contribution is 2.29. The second kappa shape index (κ2) is 5.44. The molecule has 1 aromatic carbocycles. The smallest absolute Gasteiger partial charge is 0.258 e. The zero-order valence-corrected chi connectivity index (χ0v) is 10.8. The number of nitro benzene ring substituents is 1. The fourth-order valence-corrected chi connectivity index (χ4v) is 2.89. The van der Waals surface area contributed by atoms with E-state index in [0.29, 0.717) is 10.8 Å². The largest absolute Gasteiger partial charge is 0.269 e. The normalized spacial score (nSPS) is 10.4. The van der Waals surface area contributed by atoms with Crippen molar-refractivity contribution < 1.29 is 4.92 Å². The molecule has 0 aliphatic rings. The molecule has 0 unspecified atom stereocenters. The van der Waals surface area contributed by atoms with Gasteiger partial charge in [0, 0.05) is 22.9 Å². The van der Waals surface area contributed by atoms with Crippen molar-refractivity contribution in [3.8, 4) is 0 Å². The van der Waals surface area contributed by atoms with Crippen LogP contribution in [-0.4, -0.2) is 15.1 Å². The topological polar surface area (TPSA) is 68.9 Å². The van der Waals surface area contributed by atoms with Crippen molar-refractivity contribution in [1.29, 1.82) is 0 Å². The van der Waals surface area contributed by atoms with Crippen LogP contribution in [0, 0.1) is 10.1 Å². The molecule has 0 atom stereocenters. The van der Waals surface area contributed by atoms with Gasteiger partial charge in [0.05, 0.1) is 4.92 Å². The number of hydrogen-bond donors (Lipinski definition) is 0. The number of hydrogen-bond acceptors (Lipinski definition) is 6. The Hall–Kier alpha value is -1.18. The number of benzene rings is 1. The second-order valence-electron chi connectivity index (χ2n) is 3.03. The zero-order chi connectivity index (χ0) is 12.3. The van der Waals surface area contributed by atoms with E-state index in [4.69, 9.17) is 11.6 Å². The average molecular weight is 288 g/mol. The molecule has 17 heavy (non-hydrogen) atoms. The van der Waals surface area contributed by atoms with Gasteiger partial charge in [0.1, 0.15) is 5.51 Å². The van der Waals surface area contributed by atoms with Crippen molar-refractivity contribution in [2.24, 2.45) is 0 Å². The van der Waals surface area contributed by atoms with Crippen LogP contribution < -0.4 is 0 Å². The summed E-state index contributed by atoms with van der Waals surface area (Å²) in [4.78, 5) is 10.2. The van der Waals surface area contributed by atoms with E-state index in [0.717, 1.165) is 9.90 Å². The van der Waals surface area contributed by atoms with E-state index in [9.17, 15) is 10.1 Å². The van der Waals surface area contributed by atoms with Crippen molar-refractivity contribution in [2.75, 3.05) is 0 Å². The number of thioether (sulfide) groups is 1. The molecule has 2 rings (SSSR count). The SMILES string of the molecule is O=[N+]([O-])c1ccc(Cl)c(CSc2nncs2)c1. The maximum atomic E-state index is 10.6. The van der Waals surface area contributed by atoms with Crippen LogP contribution in [0.2, 0.25) is 5.02 Å². The zero-order valence-electron chi connectivity index (χ0n) is 8.37. The molecule has 0 saturated heterocycles. The van der Waals surface area contributed by atoms with Crippen LogP contribution in [0.25, 0.3) is 0 Å². The summed E-state index contributed by atoms with van der Waals surface area (Å²) in [6.45, 7) is 0. The lowest BCUT2D eigenvalue weighted by atomic mass is 10.2. The molecular formula is C9H6ClN3O2S2. The minimum absolute atomic E-state index is 0.0438. The Kier molecular flexibility index (Phi) is 3.93. The molecule has 0 aliphatic carbocycles. The highest BCUT2D eigenvalue weighted by molar-refractivity contribution is 8.00. The van der Waals surface area contributed by atoms with Crippen molar-refractivity contribution >= 4 is 40.4 Å². The molecule has 0 saturated carbocycles. The molecule has 0 radical (unpaired) electrons. The highest BCUT2D eigenvalue weighted by Gasteiger charge is 2.10. The molecule has 8 heteroatoms. The number of rotatable bonds is 4. The molecule has 0 aliphatic heterocycles. The van der Waals surface area contributed by atoms with Crippen LogP contribution in [0.4, 0.5) is 5.69 Å². The summed E-state index contributed by atoms with van der Waals surface area (Å²) in [5.74, 6) is 0.537. The van der Waals surface area contributed by atoms with Crippen LogP contribution in [0.3, 0.4) is 0 Å². The Morgan fingerprint density at radius 2 is 2.35 bits per heavy atom. The standard InChI is InChI=1S/C9H6ClN3O2S2/c10-8-2-1-7(13(14)15)3-6(8)4-16-9-12-11-5-17-9/h1-3,5H,4H2. The van der Waals surface area contributed by atoms with Crippen molar-refractivity contribution in [3.05, 3.63) is 44.4 Å². The number of halogens is 1. The second-order valence-corrected chi connectivity index (χ2v) is 5.49. The van der Waals surface area contributed by atoms with E-state index < -0.39 is 4.92 Å². The van der Waals surface area contributed by atoms with Gasteiger partial charge in [0.25, 0.3) is 5.69 Å². The number of non-ortho nitro benzene ring substituents is 1. The first kappa shape index (κ1) is 12.3. The van der Waals surface area contributed by atoms with E-state index in [1.165, 1.54) is 41.3 Å². The Balaban J connectivity index is 2.14. The summed E-state index contributed by atoms with van der Waals surface area (Å²) in [6.07, 6.45) is 0. The Morgan fingerprint density at radius 1 is 1.53 bits per heavy atom. The third-order valence-electron chi connectivity index (χ3n) is 1.93. The van der Waals surface area contributed by atoms with E-state index in [2.05, 4.69) is 10.2 Å². The summed E-state index contributed by atoms with van der Waals surface area (Å²) >= 11 is 8.85. The fourth-order valence-electron chi connectivity index (χ4n) is 1.15. The summed E-state index contributed by atoms with van der Waals surface area (Å²) in [5.41, 5.74) is 2.40. The quantitative estimate of drug-likeness (QED) is 0.490. The summed E-state index contributed by atoms with van der Waals surface area (Å²) < 4.78 is 0.813. The van der Waals surface area contributed by atoms with E-state index >= 15 is 0 Å². The van der Waals surface area contributed by atoms with Gasteiger partial charge in [-0.05, 0) is 11.6 Å². The number of aromatic nitrogens is 2. The molecular weight excluding hydrogens is 282 g/mol. The van der Waals surface area contributed by atoms with Crippen molar-refractivity contribution in [3.63, 3.8) is 0 Å². The molecule has 1 heterocycles. The van der Waals surface area contributed by atoms with E-state index in [1.54, 1.807) is 5.51 Å². The lowest BCUT2D eigenvalue weighted by Gasteiger charge is -2.02. The Labute approximate surface area is 110 Å². The molecule has 0 N–H and O–H groups in total. The molecule has 88 valence electrons. The van der Waals surface area contributed by atoms with Gasteiger partial charge in [-0.15, -0.1) is 10.2 Å². The first-order valence-corrected chi connectivity index (χ1v) is 6.73. The van der Waals surface area contributed by atoms with Crippen molar-refractivity contribution in [2.45, 2.75) is 10.1 Å². The molecule has 0 fully saturated rings. The minimum atomic E-state index is -0.435. The van der Waals surface area contributed by atoms with Gasteiger partial charge >= 0.3 is 0 Å². The van der Waals surface area contributed by atoms with Crippen LogP contribution in [0.1, 0.15) is 5.56 Å². The van der Waals surface area contributed by atoms with Gasteiger partial charge in [-0.1, -0.05) is 34.7 Å². The van der Waals surface area contributed by atoms with Gasteiger partial charge in [-0.3, -0.25) is 10.1 Å². The van der Waals surface area contributed by atoms with Gasteiger partial charge in [0.15, 0.2) is 4.34 Å². The van der Waals surface area contributed by atoms with Crippen LogP contribution >= 0.6 is 34.7 Å². The number of nitro groups is 1. The van der Waals surface area contributed by atoms with Crippen LogP contribution in [-0.2, 0) is 5.75 Å². The predicted octanol–water partition coefficient (Wildman–Crippen LogP) is 3.39. The van der Waals surface area contributed by atoms with Gasteiger partial charge in [-0.2, -0.15) is 0 Å². The lowest BCUT2D eigenvalue weighted by molar-refractivity contribution is -0.384. The first-order chi connectivity index (χ1) is 8.16. The predicted molar refractivity (Wildman–Crippen MR) is 67.6 cm³/mol. The molecule has 0 amide bonds. The molecule has 0 bridgehead atoms. The van der Waals surface area contributed by atoms with Crippen LogP contribution in [0.5, 0.6) is 0 Å². The molecule has 5 nitrogen and oxygen atoms in total. The average Bonchev–Trinajstić information content (AvgIpc) is 2.80. The molecule has 1 aromatic heterocycles. The van der Waals surface area contributed by atoms with E-state index in [1.807, 2.05) is 0 Å². The molecule has 0 spiro atoms. The Bertz CT molecular complexity index is 533. The maximum absolute atomic E-state index is 10.6. The third-order valence-corrected chi connectivity index (χ3v) is 4.21. The van der Waals surface area contributed by atoms with E-state index in [-0.39, 0.29) is 5.69 Å². The van der Waals surface area contributed by atoms with Gasteiger partial charge in [-0.25, -0.2) is 0 Å². The summed E-state index contributed by atoms with van der Waals surface area (Å²) in [7, 11) is 0. The maximum Gasteiger partial charge on any atom is 0.269 e. The fraction of sp³-hybridized carbons (Fsp3) is 0.111. The molecule has 2 aromatic rings. The summed E-state index contributed by atoms with van der Waals surface area (Å²) in [5, 5.41) is 18.7. The van der Waals surface area contributed by atoms with Gasteiger partial charge in [0.2, 0.25) is 0 Å². The monoisotopic (exact) mass is 287 g/mol. The minimum Gasteiger partial charge on any atom is -0.258 e. The van der Waals surface area contributed by atoms with Crippen LogP contribution in [0.15, 0.2) is 28.0 Å².